The molecule has 2 amide bonds. The van der Waals surface area contributed by atoms with Crippen LogP contribution in [0.2, 0.25) is 5.02 Å². The number of hydrogen-bond donors (Lipinski definition) is 3. The van der Waals surface area contributed by atoms with E-state index in [1.165, 1.54) is 18.2 Å². The standard InChI is InChI=1S/C27H23ClN2O5/c28-16-10-11-21(24(31)32)23(14-16)29-25(33)27(12-5-13-27)30-26(34)35-15-22-19-8-3-1-6-17(19)18-7-2-4-9-20(18)22/h1-4,6-11,14,22H,5,12-13,15H2,(H,29,33)(H,30,34)(H,31,32). The van der Waals surface area contributed by atoms with Crippen LogP contribution in [-0.2, 0) is 9.53 Å². The van der Waals surface area contributed by atoms with Gasteiger partial charge >= 0.3 is 12.1 Å². The summed E-state index contributed by atoms with van der Waals surface area (Å²) in [5.41, 5.74) is 3.28. The summed E-state index contributed by atoms with van der Waals surface area (Å²) in [5.74, 6) is -1.78. The predicted molar refractivity (Wildman–Crippen MR) is 132 cm³/mol. The SMILES string of the molecule is O=C(NC1(C(=O)Nc2cc(Cl)ccc2C(=O)O)CCC1)OCC1c2ccccc2-c2ccccc21. The molecule has 2 aliphatic rings. The second kappa shape index (κ2) is 9.07. The van der Waals surface area contributed by atoms with Gasteiger partial charge in [-0.25, -0.2) is 9.59 Å². The molecular weight excluding hydrogens is 468 g/mol. The van der Waals surface area contributed by atoms with Crippen LogP contribution in [0.4, 0.5) is 10.5 Å². The Kier molecular flexibility index (Phi) is 5.94. The molecule has 3 aromatic rings. The molecule has 0 heterocycles. The molecule has 0 aliphatic heterocycles. The molecule has 7 nitrogen and oxygen atoms in total. The maximum Gasteiger partial charge on any atom is 0.408 e. The van der Waals surface area contributed by atoms with Gasteiger partial charge in [-0.15, -0.1) is 0 Å². The zero-order chi connectivity index (χ0) is 24.6. The Labute approximate surface area is 207 Å². The van der Waals surface area contributed by atoms with Crippen molar-refractivity contribution < 1.29 is 24.2 Å². The van der Waals surface area contributed by atoms with E-state index in [2.05, 4.69) is 22.8 Å². The number of rotatable bonds is 6. The third-order valence-corrected chi connectivity index (χ3v) is 7.02. The quantitative estimate of drug-likeness (QED) is 0.427. The predicted octanol–water partition coefficient (Wildman–Crippen LogP) is 5.44. The minimum atomic E-state index is -1.19. The van der Waals surface area contributed by atoms with E-state index in [1.807, 2.05) is 36.4 Å². The van der Waals surface area contributed by atoms with Crippen LogP contribution in [0.3, 0.4) is 0 Å². The molecule has 2 aliphatic carbocycles. The number of ether oxygens (including phenoxy) is 1. The molecule has 8 heteroatoms. The second-order valence-corrected chi connectivity index (χ2v) is 9.27. The van der Waals surface area contributed by atoms with Crippen molar-refractivity contribution in [3.63, 3.8) is 0 Å². The summed E-state index contributed by atoms with van der Waals surface area (Å²) in [6.45, 7) is 0.134. The van der Waals surface area contributed by atoms with Gasteiger partial charge in [0, 0.05) is 10.9 Å². The van der Waals surface area contributed by atoms with E-state index in [9.17, 15) is 19.5 Å². The van der Waals surface area contributed by atoms with Crippen LogP contribution in [0.25, 0.3) is 11.1 Å². The topological polar surface area (TPSA) is 105 Å². The van der Waals surface area contributed by atoms with Crippen LogP contribution < -0.4 is 10.6 Å². The molecule has 3 aromatic carbocycles. The summed E-state index contributed by atoms with van der Waals surface area (Å²) in [4.78, 5) is 37.4. The molecular formula is C27H23ClN2O5. The van der Waals surface area contributed by atoms with E-state index in [4.69, 9.17) is 16.3 Å². The number of benzene rings is 3. The lowest BCUT2D eigenvalue weighted by molar-refractivity contribution is -0.125. The van der Waals surface area contributed by atoms with Gasteiger partial charge < -0.3 is 20.5 Å². The molecule has 3 N–H and O–H groups in total. The molecule has 1 fully saturated rings. The molecule has 1 saturated carbocycles. The summed E-state index contributed by atoms with van der Waals surface area (Å²) >= 11 is 5.99. The van der Waals surface area contributed by atoms with Gasteiger partial charge in [0.1, 0.15) is 12.1 Å². The van der Waals surface area contributed by atoms with Crippen molar-refractivity contribution in [2.24, 2.45) is 0 Å². The van der Waals surface area contributed by atoms with Crippen molar-refractivity contribution in [3.05, 3.63) is 88.4 Å². The number of alkyl carbamates (subject to hydrolysis) is 1. The number of aromatic carboxylic acids is 1. The van der Waals surface area contributed by atoms with E-state index in [0.29, 0.717) is 12.8 Å². The van der Waals surface area contributed by atoms with E-state index >= 15 is 0 Å². The van der Waals surface area contributed by atoms with Crippen molar-refractivity contribution in [2.45, 2.75) is 30.7 Å². The van der Waals surface area contributed by atoms with Crippen LogP contribution in [0.1, 0.15) is 46.7 Å². The third kappa shape index (κ3) is 4.23. The fraction of sp³-hybridized carbons (Fsp3) is 0.222. The number of nitrogens with one attached hydrogen (secondary N) is 2. The zero-order valence-electron chi connectivity index (χ0n) is 18.7. The first-order valence-corrected chi connectivity index (χ1v) is 11.7. The van der Waals surface area contributed by atoms with Gasteiger partial charge in [-0.2, -0.15) is 0 Å². The van der Waals surface area contributed by atoms with Gasteiger partial charge in [0.25, 0.3) is 0 Å². The van der Waals surface area contributed by atoms with Gasteiger partial charge in [-0.05, 0) is 59.7 Å². The van der Waals surface area contributed by atoms with Crippen LogP contribution in [0.5, 0.6) is 0 Å². The molecule has 0 saturated heterocycles. The highest BCUT2D eigenvalue weighted by molar-refractivity contribution is 6.31. The largest absolute Gasteiger partial charge is 0.478 e. The minimum absolute atomic E-state index is 0.0793. The Balaban J connectivity index is 1.28. The summed E-state index contributed by atoms with van der Waals surface area (Å²) < 4.78 is 5.61. The van der Waals surface area contributed by atoms with Gasteiger partial charge in [-0.3, -0.25) is 4.79 Å². The van der Waals surface area contributed by atoms with Gasteiger partial charge in [-0.1, -0.05) is 60.1 Å². The highest BCUT2D eigenvalue weighted by Crippen LogP contribution is 2.44. The summed E-state index contributed by atoms with van der Waals surface area (Å²) in [7, 11) is 0. The zero-order valence-corrected chi connectivity index (χ0v) is 19.5. The average Bonchev–Trinajstić information content (AvgIpc) is 3.13. The number of carboxylic acid groups (broad SMARTS) is 1. The van der Waals surface area contributed by atoms with Gasteiger partial charge in [0.2, 0.25) is 5.91 Å². The molecule has 35 heavy (non-hydrogen) atoms. The fourth-order valence-corrected chi connectivity index (χ4v) is 4.99. The first-order valence-electron chi connectivity index (χ1n) is 11.4. The molecule has 0 bridgehead atoms. The molecule has 0 radical (unpaired) electrons. The first-order chi connectivity index (χ1) is 16.9. The van der Waals surface area contributed by atoms with Crippen molar-refractivity contribution in [1.29, 1.82) is 0 Å². The highest BCUT2D eigenvalue weighted by Gasteiger charge is 2.46. The highest BCUT2D eigenvalue weighted by atomic mass is 35.5. The number of fused-ring (bicyclic) bond motifs is 3. The van der Waals surface area contributed by atoms with Crippen LogP contribution in [0, 0.1) is 0 Å². The maximum absolute atomic E-state index is 13.1. The van der Waals surface area contributed by atoms with Gasteiger partial charge in [0.05, 0.1) is 11.3 Å². The number of anilines is 1. The normalized spacial score (nSPS) is 15.3. The molecule has 5 rings (SSSR count). The summed E-state index contributed by atoms with van der Waals surface area (Å²) in [6, 6.07) is 20.2. The van der Waals surface area contributed by atoms with E-state index in [-0.39, 0.29) is 28.8 Å². The Bertz CT molecular complexity index is 1290. The van der Waals surface area contributed by atoms with E-state index in [0.717, 1.165) is 28.7 Å². The summed E-state index contributed by atoms with van der Waals surface area (Å²) in [5, 5.41) is 15.1. The molecule has 0 atom stereocenters. The first kappa shape index (κ1) is 22.9. The Hall–Kier alpha value is -3.84. The maximum atomic E-state index is 13.1. The van der Waals surface area contributed by atoms with E-state index < -0.39 is 23.5 Å². The fourth-order valence-electron chi connectivity index (χ4n) is 4.82. The minimum Gasteiger partial charge on any atom is -0.478 e. The van der Waals surface area contributed by atoms with Crippen molar-refractivity contribution >= 4 is 35.3 Å². The Morgan fingerprint density at radius 1 is 0.971 bits per heavy atom. The third-order valence-electron chi connectivity index (χ3n) is 6.79. The monoisotopic (exact) mass is 490 g/mol. The lowest BCUT2D eigenvalue weighted by Crippen LogP contribution is -2.61. The Morgan fingerprint density at radius 3 is 2.17 bits per heavy atom. The van der Waals surface area contributed by atoms with Gasteiger partial charge in [0.15, 0.2) is 0 Å². The average molecular weight is 491 g/mol. The van der Waals surface area contributed by atoms with Crippen molar-refractivity contribution in [1.82, 2.24) is 5.32 Å². The van der Waals surface area contributed by atoms with Crippen LogP contribution in [0.15, 0.2) is 66.7 Å². The Morgan fingerprint density at radius 2 is 1.60 bits per heavy atom. The summed E-state index contributed by atoms with van der Waals surface area (Å²) in [6.07, 6.45) is 0.905. The number of carboxylic acids is 1. The van der Waals surface area contributed by atoms with Crippen molar-refractivity contribution in [3.8, 4) is 11.1 Å². The number of hydrogen-bond acceptors (Lipinski definition) is 4. The molecule has 0 unspecified atom stereocenters. The number of carbonyl (C=O) groups is 3. The smallest absolute Gasteiger partial charge is 0.408 e. The van der Waals surface area contributed by atoms with Crippen LogP contribution >= 0.6 is 11.6 Å². The lowest BCUT2D eigenvalue weighted by Gasteiger charge is -2.40. The van der Waals surface area contributed by atoms with E-state index in [1.54, 1.807) is 0 Å². The number of amides is 2. The van der Waals surface area contributed by atoms with Crippen molar-refractivity contribution in [2.75, 3.05) is 11.9 Å². The molecule has 0 spiro atoms. The second-order valence-electron chi connectivity index (χ2n) is 8.84. The van der Waals surface area contributed by atoms with Crippen LogP contribution in [-0.4, -0.2) is 35.2 Å². The number of carbonyl (C=O) groups excluding carboxylic acids is 2. The number of halogens is 1. The lowest BCUT2D eigenvalue weighted by atomic mass is 9.76. The molecule has 0 aromatic heterocycles. The molecule has 178 valence electrons.